The van der Waals surface area contributed by atoms with E-state index in [-0.39, 0.29) is 39.4 Å². The SMILES string of the molecule is C[C@@H]1O[C@H](C=C=CBr)C[C@H](O)[C@H](Cl)C[C@@H]2O[C@H](C[C@@H]2Br)[C@H]1Br. The molecule has 2 aliphatic heterocycles. The summed E-state index contributed by atoms with van der Waals surface area (Å²) in [5.74, 6) is 0. The highest BCUT2D eigenvalue weighted by Gasteiger charge is 2.41. The third-order valence-corrected chi connectivity index (χ3v) is 7.13. The van der Waals surface area contributed by atoms with Crippen molar-refractivity contribution >= 4 is 59.4 Å². The Morgan fingerprint density at radius 3 is 2.59 bits per heavy atom. The molecule has 7 heteroatoms. The molecule has 126 valence electrons. The van der Waals surface area contributed by atoms with Gasteiger partial charge in [0.1, 0.15) is 0 Å². The van der Waals surface area contributed by atoms with Gasteiger partial charge in [0.05, 0.1) is 40.7 Å². The third kappa shape index (κ3) is 5.06. The van der Waals surface area contributed by atoms with Crippen LogP contribution in [0.2, 0.25) is 0 Å². The maximum Gasteiger partial charge on any atom is 0.0858 e. The Morgan fingerprint density at radius 2 is 1.91 bits per heavy atom. The summed E-state index contributed by atoms with van der Waals surface area (Å²) in [6, 6.07) is 0. The number of rotatable bonds is 1. The molecule has 0 radical (unpaired) electrons. The fraction of sp³-hybridized carbons (Fsp3) is 0.800. The minimum Gasteiger partial charge on any atom is -0.391 e. The van der Waals surface area contributed by atoms with Crippen LogP contribution in [-0.4, -0.2) is 50.7 Å². The maximum absolute atomic E-state index is 10.4. The van der Waals surface area contributed by atoms with Gasteiger partial charge in [-0.05, 0) is 25.8 Å². The fourth-order valence-electron chi connectivity index (χ4n) is 2.87. The fourth-order valence-corrected chi connectivity index (χ4v) is 4.48. The second kappa shape index (κ2) is 9.00. The zero-order chi connectivity index (χ0) is 16.3. The second-order valence-corrected chi connectivity index (χ2v) is 9.04. The molecule has 2 aliphatic rings. The summed E-state index contributed by atoms with van der Waals surface area (Å²) in [5.41, 5.74) is 2.96. The van der Waals surface area contributed by atoms with Gasteiger partial charge in [0, 0.05) is 16.2 Å². The number of ether oxygens (including phenoxy) is 2. The first-order chi connectivity index (χ1) is 10.4. The van der Waals surface area contributed by atoms with E-state index in [1.54, 1.807) is 4.99 Å². The van der Waals surface area contributed by atoms with Crippen LogP contribution in [0.15, 0.2) is 16.8 Å². The van der Waals surface area contributed by atoms with E-state index in [0.717, 1.165) is 6.42 Å². The summed E-state index contributed by atoms with van der Waals surface area (Å²) in [6.07, 6.45) is 2.91. The van der Waals surface area contributed by atoms with Crippen molar-refractivity contribution in [1.29, 1.82) is 0 Å². The molecular formula is C15H20Br3ClO3. The summed E-state index contributed by atoms with van der Waals surface area (Å²) in [7, 11) is 0. The van der Waals surface area contributed by atoms with Crippen molar-refractivity contribution in [3.63, 3.8) is 0 Å². The molecule has 0 aromatic rings. The quantitative estimate of drug-likeness (QED) is 0.412. The second-order valence-electron chi connectivity index (χ2n) is 5.79. The Bertz CT molecular complexity index is 430. The smallest absolute Gasteiger partial charge is 0.0858 e. The normalized spacial score (nSPS) is 46.5. The van der Waals surface area contributed by atoms with Crippen LogP contribution in [0.4, 0.5) is 0 Å². The van der Waals surface area contributed by atoms with E-state index in [1.807, 2.05) is 13.0 Å². The molecule has 2 rings (SSSR count). The van der Waals surface area contributed by atoms with Crippen molar-refractivity contribution in [2.75, 3.05) is 0 Å². The monoisotopic (exact) mass is 520 g/mol. The van der Waals surface area contributed by atoms with E-state index >= 15 is 0 Å². The molecule has 0 aromatic carbocycles. The van der Waals surface area contributed by atoms with Gasteiger partial charge >= 0.3 is 0 Å². The third-order valence-electron chi connectivity index (χ3n) is 4.10. The molecule has 2 bridgehead atoms. The predicted molar refractivity (Wildman–Crippen MR) is 99.5 cm³/mol. The van der Waals surface area contributed by atoms with Crippen LogP contribution in [-0.2, 0) is 9.47 Å². The lowest BCUT2D eigenvalue weighted by molar-refractivity contribution is -0.0237. The van der Waals surface area contributed by atoms with Crippen LogP contribution in [0.1, 0.15) is 26.2 Å². The van der Waals surface area contributed by atoms with Crippen molar-refractivity contribution in [3.05, 3.63) is 16.8 Å². The van der Waals surface area contributed by atoms with Crippen LogP contribution >= 0.6 is 59.4 Å². The van der Waals surface area contributed by atoms with Gasteiger partial charge in [0.15, 0.2) is 0 Å². The van der Waals surface area contributed by atoms with Gasteiger partial charge in [-0.3, -0.25) is 0 Å². The molecule has 0 aliphatic carbocycles. The highest BCUT2D eigenvalue weighted by atomic mass is 79.9. The molecule has 2 saturated heterocycles. The molecule has 0 unspecified atom stereocenters. The molecule has 0 amide bonds. The molecule has 0 saturated carbocycles. The summed E-state index contributed by atoms with van der Waals surface area (Å²) >= 11 is 17.0. The van der Waals surface area contributed by atoms with Crippen LogP contribution in [0, 0.1) is 0 Å². The van der Waals surface area contributed by atoms with Gasteiger partial charge in [0.25, 0.3) is 0 Å². The molecule has 3 nitrogen and oxygen atoms in total. The van der Waals surface area contributed by atoms with Crippen LogP contribution < -0.4 is 0 Å². The standard InChI is InChI=1S/C15H20Br3ClO3/c1-8-15(18)14-6-10(17)13(22-14)7-11(19)12(20)5-9(21-8)3-2-4-16/h3-4,8-15,20H,5-7H2,1H3/t2?,8-,9+,10-,11+,12-,13-,14+,15-/m0/s1. The average Bonchev–Trinajstić information content (AvgIpc) is 2.83. The van der Waals surface area contributed by atoms with Crippen molar-refractivity contribution in [1.82, 2.24) is 0 Å². The van der Waals surface area contributed by atoms with E-state index in [0.29, 0.717) is 12.8 Å². The molecule has 0 aromatic heterocycles. The van der Waals surface area contributed by atoms with E-state index in [4.69, 9.17) is 21.1 Å². The van der Waals surface area contributed by atoms with Gasteiger partial charge in [-0.15, -0.1) is 17.3 Å². The van der Waals surface area contributed by atoms with E-state index in [2.05, 4.69) is 53.5 Å². The van der Waals surface area contributed by atoms with Gasteiger partial charge in [-0.25, -0.2) is 0 Å². The first-order valence-electron chi connectivity index (χ1n) is 7.34. The molecule has 8 atom stereocenters. The maximum atomic E-state index is 10.4. The first kappa shape index (κ1) is 19.5. The number of hydrogen-bond acceptors (Lipinski definition) is 3. The molecule has 0 spiro atoms. The van der Waals surface area contributed by atoms with Crippen LogP contribution in [0.3, 0.4) is 0 Å². The highest BCUT2D eigenvalue weighted by molar-refractivity contribution is 9.11. The van der Waals surface area contributed by atoms with Crippen LogP contribution in [0.25, 0.3) is 0 Å². The minimum absolute atomic E-state index is 0.0175. The molecule has 1 N–H and O–H groups in total. The molecule has 2 heterocycles. The van der Waals surface area contributed by atoms with Crippen molar-refractivity contribution in [3.8, 4) is 0 Å². The number of aliphatic hydroxyl groups is 1. The van der Waals surface area contributed by atoms with E-state index in [1.165, 1.54) is 0 Å². The van der Waals surface area contributed by atoms with E-state index < -0.39 is 6.10 Å². The Labute approximate surface area is 161 Å². The van der Waals surface area contributed by atoms with Crippen molar-refractivity contribution < 1.29 is 14.6 Å². The average molecular weight is 523 g/mol. The highest BCUT2D eigenvalue weighted by Crippen LogP contribution is 2.37. The van der Waals surface area contributed by atoms with Crippen LogP contribution in [0.5, 0.6) is 0 Å². The minimum atomic E-state index is -0.651. The zero-order valence-corrected chi connectivity index (χ0v) is 17.7. The molecule has 22 heavy (non-hydrogen) atoms. The molecule has 2 fully saturated rings. The lowest BCUT2D eigenvalue weighted by Crippen LogP contribution is -2.36. The Kier molecular flexibility index (Phi) is 7.96. The van der Waals surface area contributed by atoms with Crippen molar-refractivity contribution in [2.24, 2.45) is 0 Å². The summed E-state index contributed by atoms with van der Waals surface area (Å²) in [4.78, 5) is 1.98. The van der Waals surface area contributed by atoms with Gasteiger partial charge in [-0.1, -0.05) is 47.8 Å². The number of hydrogen-bond donors (Lipinski definition) is 1. The van der Waals surface area contributed by atoms with Gasteiger partial charge in [-0.2, -0.15) is 0 Å². The molecular weight excluding hydrogens is 503 g/mol. The zero-order valence-electron chi connectivity index (χ0n) is 12.2. The lowest BCUT2D eigenvalue weighted by atomic mass is 10.0. The van der Waals surface area contributed by atoms with E-state index in [9.17, 15) is 5.11 Å². The lowest BCUT2D eigenvalue weighted by Gasteiger charge is -2.27. The van der Waals surface area contributed by atoms with Crippen molar-refractivity contribution in [2.45, 2.75) is 71.7 Å². The first-order valence-corrected chi connectivity index (χ1v) is 10.5. The number of alkyl halides is 3. The Morgan fingerprint density at radius 1 is 1.18 bits per heavy atom. The summed E-state index contributed by atoms with van der Waals surface area (Å²) in [6.45, 7) is 2.01. The van der Waals surface area contributed by atoms with Gasteiger partial charge < -0.3 is 14.6 Å². The number of aliphatic hydroxyl groups excluding tert-OH is 1. The predicted octanol–water partition coefficient (Wildman–Crippen LogP) is 4.27. The topological polar surface area (TPSA) is 38.7 Å². The van der Waals surface area contributed by atoms with Gasteiger partial charge in [0.2, 0.25) is 0 Å². The number of halogens is 4. The number of fused-ring (bicyclic) bond motifs is 2. The Hall–Kier alpha value is 1.13. The summed E-state index contributed by atoms with van der Waals surface area (Å²) < 4.78 is 12.2. The Balaban J connectivity index is 2.20. The summed E-state index contributed by atoms with van der Waals surface area (Å²) in [5, 5.41) is 10.00. The largest absolute Gasteiger partial charge is 0.391 e.